The molecule has 1 atom stereocenters. The van der Waals surface area contributed by atoms with Gasteiger partial charge in [-0.25, -0.2) is 4.79 Å². The second-order valence-corrected chi connectivity index (χ2v) is 4.33. The number of anilines is 1. The van der Waals surface area contributed by atoms with E-state index >= 15 is 0 Å². The third-order valence-electron chi connectivity index (χ3n) is 2.93. The van der Waals surface area contributed by atoms with Gasteiger partial charge < -0.3 is 14.4 Å². The summed E-state index contributed by atoms with van der Waals surface area (Å²) in [6.07, 6.45) is -0.755. The highest BCUT2D eigenvalue weighted by molar-refractivity contribution is 5.95. The van der Waals surface area contributed by atoms with Crippen molar-refractivity contribution in [1.82, 2.24) is 0 Å². The average molecular weight is 281 g/mol. The van der Waals surface area contributed by atoms with Crippen LogP contribution in [0.5, 0.6) is 5.75 Å². The number of carbonyl (C=O) groups is 2. The highest BCUT2D eigenvalue weighted by Gasteiger charge is 2.23. The molecule has 0 aromatic heterocycles. The molecular formula is C14H16FNO4. The summed E-state index contributed by atoms with van der Waals surface area (Å²) in [4.78, 5) is 24.3. The number of alkyl halides is 1. The molecule has 0 saturated carbocycles. The van der Waals surface area contributed by atoms with Crippen molar-refractivity contribution < 1.29 is 23.5 Å². The van der Waals surface area contributed by atoms with Gasteiger partial charge in [-0.15, -0.1) is 0 Å². The van der Waals surface area contributed by atoms with E-state index in [1.54, 1.807) is 24.0 Å². The zero-order chi connectivity index (χ0) is 14.5. The molecule has 1 aromatic rings. The van der Waals surface area contributed by atoms with E-state index in [-0.39, 0.29) is 18.3 Å². The van der Waals surface area contributed by atoms with E-state index in [1.807, 2.05) is 0 Å². The minimum absolute atomic E-state index is 0.0774. The Bertz CT molecular complexity index is 488. The predicted molar refractivity (Wildman–Crippen MR) is 70.2 cm³/mol. The maximum Gasteiger partial charge on any atom is 0.381 e. The maximum absolute atomic E-state index is 13.4. The molecule has 1 heterocycles. The van der Waals surface area contributed by atoms with Gasteiger partial charge in [0.25, 0.3) is 0 Å². The summed E-state index contributed by atoms with van der Waals surface area (Å²) >= 11 is 0. The lowest BCUT2D eigenvalue weighted by Gasteiger charge is -2.16. The molecule has 0 bridgehead atoms. The molecule has 1 fully saturated rings. The second-order valence-electron chi connectivity index (χ2n) is 4.33. The van der Waals surface area contributed by atoms with Crippen LogP contribution in [-0.4, -0.2) is 31.4 Å². The van der Waals surface area contributed by atoms with Crippen molar-refractivity contribution >= 4 is 17.6 Å². The molecule has 1 saturated heterocycles. The van der Waals surface area contributed by atoms with Crippen molar-refractivity contribution in [1.29, 1.82) is 0 Å². The van der Waals surface area contributed by atoms with Crippen LogP contribution < -0.4 is 9.64 Å². The third kappa shape index (κ3) is 3.26. The second kappa shape index (κ2) is 6.36. The number of amides is 1. The van der Waals surface area contributed by atoms with E-state index in [0.717, 1.165) is 12.1 Å². The van der Waals surface area contributed by atoms with Gasteiger partial charge in [0.15, 0.2) is 0 Å². The summed E-state index contributed by atoms with van der Waals surface area (Å²) < 4.78 is 22.7. The minimum Gasteiger partial charge on any atom is -0.461 e. The number of hydrogen-bond donors (Lipinski definition) is 0. The van der Waals surface area contributed by atoms with E-state index in [2.05, 4.69) is 4.74 Å². The summed E-state index contributed by atoms with van der Waals surface area (Å²) in [5.41, 5.74) is 0.742. The van der Waals surface area contributed by atoms with Gasteiger partial charge in [0.05, 0.1) is 6.61 Å². The SMILES string of the molecule is CCOC(=O)C(F)Oc1ccc(N2CCCC2=O)cc1. The lowest BCUT2D eigenvalue weighted by molar-refractivity contribution is -0.159. The lowest BCUT2D eigenvalue weighted by Crippen LogP contribution is -2.25. The standard InChI is InChI=1S/C14H16FNO4/c1-2-19-14(18)13(15)20-11-7-5-10(6-8-11)16-9-3-4-12(16)17/h5-8,13H,2-4,9H2,1H3. The van der Waals surface area contributed by atoms with Gasteiger partial charge in [-0.2, -0.15) is 4.39 Å². The molecule has 0 spiro atoms. The molecule has 2 rings (SSSR count). The number of rotatable bonds is 5. The first-order valence-electron chi connectivity index (χ1n) is 6.49. The molecule has 0 aliphatic carbocycles. The van der Waals surface area contributed by atoms with Gasteiger partial charge in [-0.3, -0.25) is 4.79 Å². The normalized spacial score (nSPS) is 16.1. The summed E-state index contributed by atoms with van der Waals surface area (Å²) in [5, 5.41) is 0. The number of esters is 1. The van der Waals surface area contributed by atoms with Crippen molar-refractivity contribution in [3.8, 4) is 5.75 Å². The van der Waals surface area contributed by atoms with Gasteiger partial charge in [0, 0.05) is 18.7 Å². The van der Waals surface area contributed by atoms with E-state index in [0.29, 0.717) is 13.0 Å². The largest absolute Gasteiger partial charge is 0.461 e. The molecule has 1 aliphatic heterocycles. The Labute approximate surface area is 116 Å². The summed E-state index contributed by atoms with van der Waals surface area (Å²) in [7, 11) is 0. The monoisotopic (exact) mass is 281 g/mol. The molecule has 20 heavy (non-hydrogen) atoms. The Morgan fingerprint density at radius 1 is 1.40 bits per heavy atom. The topological polar surface area (TPSA) is 55.8 Å². The maximum atomic E-state index is 13.4. The van der Waals surface area contributed by atoms with Crippen LogP contribution in [0.25, 0.3) is 0 Å². The molecule has 1 aliphatic rings. The Morgan fingerprint density at radius 2 is 2.10 bits per heavy atom. The van der Waals surface area contributed by atoms with Gasteiger partial charge in [0.2, 0.25) is 5.91 Å². The Kier molecular flexibility index (Phi) is 4.55. The van der Waals surface area contributed by atoms with Gasteiger partial charge >= 0.3 is 12.3 Å². The first-order chi connectivity index (χ1) is 9.61. The highest BCUT2D eigenvalue weighted by Crippen LogP contribution is 2.24. The number of benzene rings is 1. The molecule has 108 valence electrons. The minimum atomic E-state index is -2.14. The van der Waals surface area contributed by atoms with Crippen molar-refractivity contribution in [2.24, 2.45) is 0 Å². The molecule has 1 aromatic carbocycles. The van der Waals surface area contributed by atoms with Crippen LogP contribution in [0.1, 0.15) is 19.8 Å². The number of nitrogens with zero attached hydrogens (tertiary/aromatic N) is 1. The van der Waals surface area contributed by atoms with Crippen molar-refractivity contribution in [2.75, 3.05) is 18.1 Å². The summed E-state index contributed by atoms with van der Waals surface area (Å²) in [5.74, 6) is -0.763. The Balaban J connectivity index is 1.98. The van der Waals surface area contributed by atoms with E-state index in [9.17, 15) is 14.0 Å². The first-order valence-corrected chi connectivity index (χ1v) is 6.49. The number of ether oxygens (including phenoxy) is 2. The molecule has 1 unspecified atom stereocenters. The van der Waals surface area contributed by atoms with Crippen molar-refractivity contribution in [2.45, 2.75) is 26.1 Å². The van der Waals surface area contributed by atoms with Gasteiger partial charge in [-0.05, 0) is 37.6 Å². The molecule has 0 N–H and O–H groups in total. The van der Waals surface area contributed by atoms with Crippen molar-refractivity contribution in [3.05, 3.63) is 24.3 Å². The molecule has 0 radical (unpaired) electrons. The molecule has 6 heteroatoms. The Morgan fingerprint density at radius 3 is 2.65 bits per heavy atom. The number of hydrogen-bond acceptors (Lipinski definition) is 4. The van der Waals surface area contributed by atoms with Crippen LogP contribution in [-0.2, 0) is 14.3 Å². The van der Waals surface area contributed by atoms with Gasteiger partial charge in [-0.1, -0.05) is 0 Å². The fourth-order valence-electron chi connectivity index (χ4n) is 2.00. The molecule has 5 nitrogen and oxygen atoms in total. The predicted octanol–water partition coefficient (Wildman–Crippen LogP) is 2.05. The van der Waals surface area contributed by atoms with Crippen LogP contribution in [0.4, 0.5) is 10.1 Å². The average Bonchev–Trinajstić information content (AvgIpc) is 2.86. The highest BCUT2D eigenvalue weighted by atomic mass is 19.1. The first kappa shape index (κ1) is 14.3. The van der Waals surface area contributed by atoms with E-state index in [4.69, 9.17) is 4.74 Å². The third-order valence-corrected chi connectivity index (χ3v) is 2.93. The van der Waals surface area contributed by atoms with Crippen LogP contribution in [0.2, 0.25) is 0 Å². The zero-order valence-electron chi connectivity index (χ0n) is 11.2. The van der Waals surface area contributed by atoms with E-state index < -0.39 is 12.3 Å². The molecular weight excluding hydrogens is 265 g/mol. The smallest absolute Gasteiger partial charge is 0.381 e. The van der Waals surface area contributed by atoms with Crippen LogP contribution in [0.3, 0.4) is 0 Å². The van der Waals surface area contributed by atoms with Crippen molar-refractivity contribution in [3.63, 3.8) is 0 Å². The fourth-order valence-corrected chi connectivity index (χ4v) is 2.00. The zero-order valence-corrected chi connectivity index (χ0v) is 11.2. The summed E-state index contributed by atoms with van der Waals surface area (Å²) in [6, 6.07) is 6.37. The lowest BCUT2D eigenvalue weighted by atomic mass is 10.3. The van der Waals surface area contributed by atoms with Crippen LogP contribution >= 0.6 is 0 Å². The Hall–Kier alpha value is -2.11. The van der Waals surface area contributed by atoms with Crippen LogP contribution in [0.15, 0.2) is 24.3 Å². The van der Waals surface area contributed by atoms with Gasteiger partial charge in [0.1, 0.15) is 5.75 Å². The number of halogens is 1. The number of carbonyl (C=O) groups excluding carboxylic acids is 2. The van der Waals surface area contributed by atoms with E-state index in [1.165, 1.54) is 12.1 Å². The quantitative estimate of drug-likeness (QED) is 0.775. The fraction of sp³-hybridized carbons (Fsp3) is 0.429. The van der Waals surface area contributed by atoms with Crippen LogP contribution in [0, 0.1) is 0 Å². The molecule has 1 amide bonds. The summed E-state index contributed by atoms with van der Waals surface area (Å²) in [6.45, 7) is 2.37.